The third-order valence-electron chi connectivity index (χ3n) is 5.54. The normalized spacial score (nSPS) is 10.6. The van der Waals surface area contributed by atoms with E-state index in [-0.39, 0.29) is 43.9 Å². The van der Waals surface area contributed by atoms with E-state index in [0.717, 1.165) is 28.0 Å². The molecule has 4 heterocycles. The molecule has 2 N–H and O–H groups in total. The maximum absolute atomic E-state index is 13.2. The number of aromatic nitrogens is 5. The quantitative estimate of drug-likeness (QED) is 0.327. The third-order valence-corrected chi connectivity index (χ3v) is 5.54. The van der Waals surface area contributed by atoms with Gasteiger partial charge in [0.1, 0.15) is 23.7 Å². The van der Waals surface area contributed by atoms with E-state index in [1.165, 1.54) is 6.20 Å². The molecule has 9 nitrogen and oxygen atoms in total. The number of hydrogen-bond donors (Lipinski definition) is 2. The maximum atomic E-state index is 13.2. The number of nitrogens with one attached hydrogen (secondary N) is 1. The number of aryl methyl sites for hydroxylation is 2. The van der Waals surface area contributed by atoms with Crippen LogP contribution in [0.25, 0.3) is 16.6 Å². The molecule has 0 radical (unpaired) electrons. The molecule has 188 valence electrons. The summed E-state index contributed by atoms with van der Waals surface area (Å²) >= 11 is 0. The number of imidazole rings is 1. The molecule has 0 saturated carbocycles. The summed E-state index contributed by atoms with van der Waals surface area (Å²) in [5, 5.41) is 17.5. The molecule has 0 fully saturated rings. The van der Waals surface area contributed by atoms with Gasteiger partial charge in [-0.3, -0.25) is 18.9 Å². The molecule has 0 unspecified atom stereocenters. The van der Waals surface area contributed by atoms with Crippen molar-refractivity contribution in [3.8, 4) is 5.75 Å². The molecule has 5 rings (SSSR count). The van der Waals surface area contributed by atoms with Crippen LogP contribution in [0, 0.1) is 13.8 Å². The first kappa shape index (κ1) is 26.9. The van der Waals surface area contributed by atoms with Crippen LogP contribution in [0.2, 0.25) is 0 Å². The number of ether oxygens (including phenoxy) is 1. The highest BCUT2D eigenvalue weighted by atomic mass is 35.5. The molecule has 5 aromatic rings. The van der Waals surface area contributed by atoms with E-state index in [4.69, 9.17) is 14.9 Å². The zero-order valence-electron chi connectivity index (χ0n) is 19.7. The molecule has 0 saturated heterocycles. The van der Waals surface area contributed by atoms with E-state index < -0.39 is 0 Å². The van der Waals surface area contributed by atoms with Crippen LogP contribution in [0.15, 0.2) is 60.9 Å². The number of amides is 1. The van der Waals surface area contributed by atoms with Gasteiger partial charge in [0.2, 0.25) is 0 Å². The summed E-state index contributed by atoms with van der Waals surface area (Å²) in [6, 6.07) is 15.1. The Morgan fingerprint density at radius 1 is 1.11 bits per heavy atom. The third kappa shape index (κ3) is 5.28. The number of hydrogen-bond acceptors (Lipinski definition) is 6. The zero-order chi connectivity index (χ0) is 23.7. The van der Waals surface area contributed by atoms with Crippen molar-refractivity contribution in [3.05, 3.63) is 83.7 Å². The second-order valence-corrected chi connectivity index (χ2v) is 7.97. The van der Waals surface area contributed by atoms with Crippen molar-refractivity contribution in [3.63, 3.8) is 0 Å². The molecule has 11 heteroatoms. The van der Waals surface area contributed by atoms with Crippen molar-refractivity contribution >= 4 is 53.0 Å². The Bertz CT molecular complexity index is 1510. The fourth-order valence-corrected chi connectivity index (χ4v) is 4.06. The van der Waals surface area contributed by atoms with E-state index in [1.54, 1.807) is 22.7 Å². The molecule has 1 amide bonds. The predicted octanol–water partition coefficient (Wildman–Crippen LogP) is 4.21. The van der Waals surface area contributed by atoms with Crippen LogP contribution in [0.4, 0.5) is 5.69 Å². The Morgan fingerprint density at radius 2 is 1.92 bits per heavy atom. The lowest BCUT2D eigenvalue weighted by Crippen LogP contribution is -2.14. The minimum absolute atomic E-state index is 0. The molecule has 0 aliphatic heterocycles. The number of rotatable bonds is 7. The lowest BCUT2D eigenvalue weighted by Gasteiger charge is -2.09. The standard InChI is InChI=1S/C25H24N6O3.2ClH/c1-16-5-3-6-18(27-16)15-31-21-8-4-7-20(24(21)17(2)29-31)28-25(33)22-14-26-23-13-19(34-12-11-32)9-10-30(22)23;;/h3-10,13-14,32H,11-12,15H2,1-2H3,(H,28,33);2*1H. The lowest BCUT2D eigenvalue weighted by molar-refractivity contribution is 0.102. The van der Waals surface area contributed by atoms with Crippen LogP contribution >= 0.6 is 24.8 Å². The van der Waals surface area contributed by atoms with Crippen molar-refractivity contribution in [2.45, 2.75) is 20.4 Å². The van der Waals surface area contributed by atoms with Crippen LogP contribution in [-0.2, 0) is 6.54 Å². The summed E-state index contributed by atoms with van der Waals surface area (Å²) < 4.78 is 9.03. The van der Waals surface area contributed by atoms with Gasteiger partial charge in [-0.1, -0.05) is 12.1 Å². The summed E-state index contributed by atoms with van der Waals surface area (Å²) in [5.74, 6) is 0.298. The van der Waals surface area contributed by atoms with E-state index in [0.29, 0.717) is 29.3 Å². The predicted molar refractivity (Wildman–Crippen MR) is 143 cm³/mol. The second kappa shape index (κ2) is 11.4. The number of fused-ring (bicyclic) bond motifs is 2. The second-order valence-electron chi connectivity index (χ2n) is 7.97. The van der Waals surface area contributed by atoms with Gasteiger partial charge in [-0.05, 0) is 44.2 Å². The zero-order valence-corrected chi connectivity index (χ0v) is 21.3. The highest BCUT2D eigenvalue weighted by Gasteiger charge is 2.17. The fourth-order valence-electron chi connectivity index (χ4n) is 4.06. The number of aliphatic hydroxyl groups excluding tert-OH is 1. The number of carbonyl (C=O) groups is 1. The highest BCUT2D eigenvalue weighted by molar-refractivity contribution is 6.08. The topological polar surface area (TPSA) is 107 Å². The number of pyridine rings is 2. The number of benzene rings is 1. The van der Waals surface area contributed by atoms with Crippen LogP contribution in [-0.4, -0.2) is 48.4 Å². The average Bonchev–Trinajstić information content (AvgIpc) is 3.39. The first-order valence-electron chi connectivity index (χ1n) is 10.9. The molecular weight excluding hydrogens is 503 g/mol. The van der Waals surface area contributed by atoms with Gasteiger partial charge in [-0.2, -0.15) is 5.10 Å². The van der Waals surface area contributed by atoms with Crippen molar-refractivity contribution in [2.75, 3.05) is 18.5 Å². The van der Waals surface area contributed by atoms with E-state index >= 15 is 0 Å². The fraction of sp³-hybridized carbons (Fsp3) is 0.200. The first-order chi connectivity index (χ1) is 16.5. The molecule has 4 aromatic heterocycles. The minimum Gasteiger partial charge on any atom is -0.491 e. The number of halogens is 2. The van der Waals surface area contributed by atoms with Gasteiger partial charge in [-0.15, -0.1) is 24.8 Å². The number of anilines is 1. The molecular formula is C25H26Cl2N6O3. The lowest BCUT2D eigenvalue weighted by atomic mass is 10.1. The summed E-state index contributed by atoms with van der Waals surface area (Å²) in [6.45, 7) is 4.56. The first-order valence-corrected chi connectivity index (χ1v) is 10.9. The Hall–Kier alpha value is -3.66. The summed E-state index contributed by atoms with van der Waals surface area (Å²) in [6.07, 6.45) is 3.25. The number of aliphatic hydroxyl groups is 1. The molecule has 1 aromatic carbocycles. The van der Waals surface area contributed by atoms with E-state index in [1.807, 2.05) is 54.9 Å². The van der Waals surface area contributed by atoms with Crippen molar-refractivity contribution in [1.29, 1.82) is 0 Å². The Morgan fingerprint density at radius 3 is 2.69 bits per heavy atom. The smallest absolute Gasteiger partial charge is 0.274 e. The van der Waals surface area contributed by atoms with Gasteiger partial charge in [0.05, 0.1) is 41.9 Å². The summed E-state index contributed by atoms with van der Waals surface area (Å²) in [7, 11) is 0. The van der Waals surface area contributed by atoms with Crippen LogP contribution in [0.5, 0.6) is 5.75 Å². The van der Waals surface area contributed by atoms with Crippen LogP contribution in [0.1, 0.15) is 27.6 Å². The van der Waals surface area contributed by atoms with E-state index in [2.05, 4.69) is 15.3 Å². The Labute approximate surface area is 220 Å². The SMILES string of the molecule is Cc1cccc(Cn2nc(C)c3c(NC(=O)c4cnc5cc(OCCO)ccn45)cccc32)n1.Cl.Cl. The Balaban J connectivity index is 0.00000180. The van der Waals surface area contributed by atoms with Gasteiger partial charge in [0, 0.05) is 23.3 Å². The van der Waals surface area contributed by atoms with Gasteiger partial charge in [-0.25, -0.2) is 4.98 Å². The Kier molecular flexibility index (Phi) is 8.52. The van der Waals surface area contributed by atoms with Gasteiger partial charge >= 0.3 is 0 Å². The molecule has 0 aliphatic rings. The molecule has 0 spiro atoms. The van der Waals surface area contributed by atoms with E-state index in [9.17, 15) is 4.79 Å². The highest BCUT2D eigenvalue weighted by Crippen LogP contribution is 2.28. The summed E-state index contributed by atoms with van der Waals surface area (Å²) in [5.41, 5.74) is 5.28. The number of carbonyl (C=O) groups excluding carboxylic acids is 1. The van der Waals surface area contributed by atoms with Gasteiger partial charge in [0.15, 0.2) is 0 Å². The van der Waals surface area contributed by atoms with Crippen LogP contribution < -0.4 is 10.1 Å². The van der Waals surface area contributed by atoms with Crippen LogP contribution in [0.3, 0.4) is 0 Å². The summed E-state index contributed by atoms with van der Waals surface area (Å²) in [4.78, 5) is 22.1. The number of nitrogens with zero attached hydrogens (tertiary/aromatic N) is 5. The maximum Gasteiger partial charge on any atom is 0.274 e. The minimum atomic E-state index is -0.281. The monoisotopic (exact) mass is 528 g/mol. The van der Waals surface area contributed by atoms with Gasteiger partial charge in [0.25, 0.3) is 5.91 Å². The molecule has 36 heavy (non-hydrogen) atoms. The van der Waals surface area contributed by atoms with Crippen molar-refractivity contribution in [1.82, 2.24) is 24.1 Å². The van der Waals surface area contributed by atoms with Gasteiger partial charge < -0.3 is 15.2 Å². The average molecular weight is 529 g/mol. The molecule has 0 atom stereocenters. The molecule has 0 bridgehead atoms. The van der Waals surface area contributed by atoms with Crippen molar-refractivity contribution in [2.24, 2.45) is 0 Å². The molecule has 0 aliphatic carbocycles. The largest absolute Gasteiger partial charge is 0.491 e. The van der Waals surface area contributed by atoms with Crippen molar-refractivity contribution < 1.29 is 14.6 Å².